The molecule has 1 amide bonds. The summed E-state index contributed by atoms with van der Waals surface area (Å²) < 4.78 is 5.24. The molecule has 0 aliphatic carbocycles. The van der Waals surface area contributed by atoms with Crippen molar-refractivity contribution < 1.29 is 9.53 Å². The van der Waals surface area contributed by atoms with Gasteiger partial charge in [0.25, 0.3) is 0 Å². The fourth-order valence-corrected chi connectivity index (χ4v) is 2.96. The number of likely N-dealkylation sites (N-methyl/N-ethyl adjacent to an activating group) is 2. The van der Waals surface area contributed by atoms with Gasteiger partial charge in [0.1, 0.15) is 5.75 Å². The Hall–Kier alpha value is -3.01. The van der Waals surface area contributed by atoms with Gasteiger partial charge in [-0.25, -0.2) is 0 Å². The molecule has 3 aromatic rings. The number of rotatable bonds is 6. The predicted octanol–water partition coefficient (Wildman–Crippen LogP) is 3.94. The van der Waals surface area contributed by atoms with Gasteiger partial charge in [-0.2, -0.15) is 0 Å². The quantitative estimate of drug-likeness (QED) is 0.676. The average molecular weight is 348 g/mol. The third-order valence-corrected chi connectivity index (χ3v) is 4.53. The van der Waals surface area contributed by atoms with E-state index in [1.165, 1.54) is 10.8 Å². The number of hydrogen-bond acceptors (Lipinski definition) is 3. The summed E-state index contributed by atoms with van der Waals surface area (Å²) in [6, 6.07) is 22.3. The summed E-state index contributed by atoms with van der Waals surface area (Å²) in [5.41, 5.74) is 2.08. The number of nitrogens with zero attached hydrogens (tertiary/aromatic N) is 2. The molecular formula is C22H24N2O2. The van der Waals surface area contributed by atoms with Crippen molar-refractivity contribution in [1.29, 1.82) is 0 Å². The van der Waals surface area contributed by atoms with Crippen LogP contribution in [0.25, 0.3) is 10.8 Å². The molecule has 0 N–H and O–H groups in total. The number of fused-ring (bicyclic) bond motifs is 1. The Morgan fingerprint density at radius 1 is 0.923 bits per heavy atom. The van der Waals surface area contributed by atoms with E-state index in [9.17, 15) is 4.79 Å². The minimum absolute atomic E-state index is 0.0727. The van der Waals surface area contributed by atoms with Crippen molar-refractivity contribution in [1.82, 2.24) is 4.90 Å². The highest BCUT2D eigenvalue weighted by atomic mass is 16.5. The van der Waals surface area contributed by atoms with Crippen LogP contribution in [0.3, 0.4) is 0 Å². The molecule has 0 atom stereocenters. The van der Waals surface area contributed by atoms with Gasteiger partial charge < -0.3 is 14.5 Å². The fraction of sp³-hybridized carbons (Fsp3) is 0.227. The maximum atomic E-state index is 12.6. The average Bonchev–Trinajstić information content (AvgIpc) is 2.67. The number of anilines is 1. The third-order valence-electron chi connectivity index (χ3n) is 4.53. The molecule has 0 aromatic heterocycles. The van der Waals surface area contributed by atoms with Gasteiger partial charge in [-0.1, -0.05) is 42.5 Å². The van der Waals surface area contributed by atoms with E-state index in [0.29, 0.717) is 13.1 Å². The van der Waals surface area contributed by atoms with Crippen LogP contribution in [0, 0.1) is 0 Å². The van der Waals surface area contributed by atoms with E-state index in [0.717, 1.165) is 17.0 Å². The van der Waals surface area contributed by atoms with Gasteiger partial charge in [-0.05, 0) is 40.6 Å². The maximum Gasteiger partial charge on any atom is 0.242 e. The van der Waals surface area contributed by atoms with Crippen LogP contribution in [0.4, 0.5) is 5.69 Å². The summed E-state index contributed by atoms with van der Waals surface area (Å²) in [6.07, 6.45) is 0. The normalized spacial score (nSPS) is 10.6. The van der Waals surface area contributed by atoms with Crippen LogP contribution in [0.2, 0.25) is 0 Å². The second-order valence-electron chi connectivity index (χ2n) is 6.49. The largest absolute Gasteiger partial charge is 0.497 e. The number of amides is 1. The molecule has 4 heteroatoms. The molecule has 0 saturated heterocycles. The van der Waals surface area contributed by atoms with Crippen LogP contribution in [0.5, 0.6) is 5.75 Å². The van der Waals surface area contributed by atoms with E-state index in [1.54, 1.807) is 12.0 Å². The van der Waals surface area contributed by atoms with Crippen LogP contribution in [0.15, 0.2) is 66.7 Å². The highest BCUT2D eigenvalue weighted by Gasteiger charge is 2.13. The molecule has 0 aliphatic heterocycles. The Labute approximate surface area is 154 Å². The third kappa shape index (κ3) is 4.14. The molecule has 0 spiro atoms. The van der Waals surface area contributed by atoms with Gasteiger partial charge in [-0.3, -0.25) is 4.79 Å². The lowest BCUT2D eigenvalue weighted by Crippen LogP contribution is -2.36. The van der Waals surface area contributed by atoms with Crippen molar-refractivity contribution in [3.05, 3.63) is 72.3 Å². The van der Waals surface area contributed by atoms with Gasteiger partial charge in [0.05, 0.1) is 13.7 Å². The van der Waals surface area contributed by atoms with Crippen molar-refractivity contribution in [3.63, 3.8) is 0 Å². The lowest BCUT2D eigenvalue weighted by molar-refractivity contribution is -0.128. The molecule has 0 radical (unpaired) electrons. The molecule has 26 heavy (non-hydrogen) atoms. The Bertz CT molecular complexity index is 907. The highest BCUT2D eigenvalue weighted by molar-refractivity contribution is 5.87. The first-order chi connectivity index (χ1) is 12.6. The van der Waals surface area contributed by atoms with E-state index in [1.807, 2.05) is 55.4 Å². The first kappa shape index (κ1) is 17.8. The fourth-order valence-electron chi connectivity index (χ4n) is 2.96. The summed E-state index contributed by atoms with van der Waals surface area (Å²) in [5.74, 6) is 0.875. The molecule has 0 aliphatic rings. The summed E-state index contributed by atoms with van der Waals surface area (Å²) in [5, 5.41) is 2.38. The molecule has 4 nitrogen and oxygen atoms in total. The van der Waals surface area contributed by atoms with E-state index in [-0.39, 0.29) is 5.91 Å². The van der Waals surface area contributed by atoms with Gasteiger partial charge in [-0.15, -0.1) is 0 Å². The number of carbonyl (C=O) groups excluding carboxylic acids is 1. The van der Waals surface area contributed by atoms with Crippen molar-refractivity contribution in [2.24, 2.45) is 0 Å². The van der Waals surface area contributed by atoms with E-state index in [4.69, 9.17) is 4.74 Å². The van der Waals surface area contributed by atoms with Crippen molar-refractivity contribution in [3.8, 4) is 5.75 Å². The lowest BCUT2D eigenvalue weighted by Gasteiger charge is -2.24. The predicted molar refractivity (Wildman–Crippen MR) is 107 cm³/mol. The molecule has 0 unspecified atom stereocenters. The van der Waals surface area contributed by atoms with Crippen molar-refractivity contribution >= 4 is 22.4 Å². The number of ether oxygens (including phenoxy) is 1. The zero-order valence-corrected chi connectivity index (χ0v) is 15.5. The summed E-state index contributed by atoms with van der Waals surface area (Å²) in [7, 11) is 5.42. The molecule has 3 rings (SSSR count). The van der Waals surface area contributed by atoms with Crippen LogP contribution >= 0.6 is 0 Å². The zero-order valence-electron chi connectivity index (χ0n) is 15.5. The van der Waals surface area contributed by atoms with Gasteiger partial charge in [0, 0.05) is 26.3 Å². The first-order valence-electron chi connectivity index (χ1n) is 8.63. The first-order valence-corrected chi connectivity index (χ1v) is 8.63. The molecule has 134 valence electrons. The van der Waals surface area contributed by atoms with E-state index in [2.05, 4.69) is 30.3 Å². The Morgan fingerprint density at radius 2 is 1.69 bits per heavy atom. The molecule has 0 fully saturated rings. The molecule has 0 bridgehead atoms. The second kappa shape index (κ2) is 7.91. The SMILES string of the molecule is COc1cccc(CN(C)C(=O)CN(C)c2ccc3ccccc3c2)c1. The molecule has 0 saturated carbocycles. The topological polar surface area (TPSA) is 32.8 Å². The molecule has 0 heterocycles. The van der Waals surface area contributed by atoms with E-state index >= 15 is 0 Å². The molecular weight excluding hydrogens is 324 g/mol. The standard InChI is InChI=1S/C22H24N2O2/c1-23(20-12-11-18-8-4-5-9-19(18)14-20)16-22(25)24(2)15-17-7-6-10-21(13-17)26-3/h4-14H,15-16H2,1-3H3. The maximum absolute atomic E-state index is 12.6. The number of carbonyl (C=O) groups is 1. The van der Waals surface area contributed by atoms with Crippen LogP contribution < -0.4 is 9.64 Å². The minimum Gasteiger partial charge on any atom is -0.497 e. The van der Waals surface area contributed by atoms with Gasteiger partial charge in [0.2, 0.25) is 5.91 Å². The van der Waals surface area contributed by atoms with E-state index < -0.39 is 0 Å². The van der Waals surface area contributed by atoms with Crippen LogP contribution in [-0.4, -0.2) is 38.6 Å². The van der Waals surface area contributed by atoms with Crippen molar-refractivity contribution in [2.75, 3.05) is 32.6 Å². The Kier molecular flexibility index (Phi) is 5.42. The minimum atomic E-state index is 0.0727. The highest BCUT2D eigenvalue weighted by Crippen LogP contribution is 2.21. The summed E-state index contributed by atoms with van der Waals surface area (Å²) >= 11 is 0. The van der Waals surface area contributed by atoms with Crippen molar-refractivity contribution in [2.45, 2.75) is 6.54 Å². The monoisotopic (exact) mass is 348 g/mol. The summed E-state index contributed by atoms with van der Waals surface area (Å²) in [6.45, 7) is 0.889. The Balaban J connectivity index is 1.65. The summed E-state index contributed by atoms with van der Waals surface area (Å²) in [4.78, 5) is 16.3. The zero-order chi connectivity index (χ0) is 18.5. The Morgan fingerprint density at radius 3 is 2.46 bits per heavy atom. The number of methoxy groups -OCH3 is 1. The number of benzene rings is 3. The smallest absolute Gasteiger partial charge is 0.242 e. The van der Waals surface area contributed by atoms with Crippen LogP contribution in [-0.2, 0) is 11.3 Å². The van der Waals surface area contributed by atoms with Gasteiger partial charge in [0.15, 0.2) is 0 Å². The molecule has 3 aromatic carbocycles. The van der Waals surface area contributed by atoms with Crippen LogP contribution in [0.1, 0.15) is 5.56 Å². The van der Waals surface area contributed by atoms with Gasteiger partial charge >= 0.3 is 0 Å². The number of hydrogen-bond donors (Lipinski definition) is 0. The second-order valence-corrected chi connectivity index (χ2v) is 6.49. The lowest BCUT2D eigenvalue weighted by atomic mass is 10.1.